The first kappa shape index (κ1) is 31.8. The average molecular weight is 573 g/mol. The Morgan fingerprint density at radius 3 is 2.48 bits per heavy atom. The molecular weight excluding hydrogens is 555 g/mol. The van der Waals surface area contributed by atoms with Gasteiger partial charge in [-0.25, -0.2) is 13.0 Å². The third-order valence-corrected chi connectivity index (χ3v) is 7.20. The van der Waals surface area contributed by atoms with Gasteiger partial charge in [-0.1, -0.05) is 30.4 Å². The molecule has 13 heteroatoms. The van der Waals surface area contributed by atoms with E-state index in [9.17, 15) is 21.8 Å². The van der Waals surface area contributed by atoms with Crippen LogP contribution in [0.15, 0.2) is 57.9 Å². The zero-order valence-corrected chi connectivity index (χ0v) is 25.3. The minimum Gasteiger partial charge on any atom is -0.420 e. The molecule has 2 rings (SSSR count). The van der Waals surface area contributed by atoms with Crippen molar-refractivity contribution >= 4 is 110 Å². The van der Waals surface area contributed by atoms with Gasteiger partial charge < -0.3 is 9.42 Å². The number of thioether (sulfide) groups is 1. The van der Waals surface area contributed by atoms with E-state index in [1.807, 2.05) is 18.2 Å². The van der Waals surface area contributed by atoms with Crippen LogP contribution in [0.2, 0.25) is 0 Å². The van der Waals surface area contributed by atoms with Crippen molar-refractivity contribution < 1.29 is 31.2 Å². The van der Waals surface area contributed by atoms with Crippen LogP contribution in [0.4, 0.5) is 8.78 Å². The Balaban J connectivity index is 0.00000450. The van der Waals surface area contributed by atoms with Gasteiger partial charge >= 0.3 is 13.8 Å². The molecule has 0 bridgehead atoms. The van der Waals surface area contributed by atoms with E-state index < -0.39 is 23.6 Å². The maximum Gasteiger partial charge on any atom is 0.442 e. The SMILES string of the molecule is CS(=O)(=O)c1cccc(C=CCSCc2ccc(OP(=O)(O)C(F)F)c(Br)c2)c1.[Na].[Na]. The van der Waals surface area contributed by atoms with Crippen molar-refractivity contribution in [3.8, 4) is 5.75 Å². The first-order chi connectivity index (χ1) is 13.5. The predicted octanol–water partition coefficient (Wildman–Crippen LogP) is 4.82. The summed E-state index contributed by atoms with van der Waals surface area (Å²) in [5.74, 6) is 1.14. The molecule has 160 valence electrons. The monoisotopic (exact) mass is 572 g/mol. The van der Waals surface area contributed by atoms with Gasteiger partial charge in [0.1, 0.15) is 5.75 Å². The van der Waals surface area contributed by atoms with Crippen molar-refractivity contribution in [2.45, 2.75) is 16.8 Å². The van der Waals surface area contributed by atoms with Crippen molar-refractivity contribution in [3.05, 3.63) is 64.1 Å². The maximum atomic E-state index is 12.5. The fourth-order valence-corrected chi connectivity index (χ4v) is 4.76. The number of benzene rings is 2. The van der Waals surface area contributed by atoms with E-state index in [-0.39, 0.29) is 69.8 Å². The number of hydrogen-bond acceptors (Lipinski definition) is 5. The summed E-state index contributed by atoms with van der Waals surface area (Å²) >= 11 is 4.73. The van der Waals surface area contributed by atoms with Crippen molar-refractivity contribution in [2.75, 3.05) is 12.0 Å². The first-order valence-corrected chi connectivity index (χ1v) is 13.6. The Morgan fingerprint density at radius 1 is 1.23 bits per heavy atom. The Kier molecular flexibility index (Phi) is 14.6. The molecule has 0 aromatic heterocycles. The van der Waals surface area contributed by atoms with E-state index >= 15 is 0 Å². The van der Waals surface area contributed by atoms with Crippen LogP contribution in [0.1, 0.15) is 11.1 Å². The molecule has 0 saturated carbocycles. The molecule has 0 spiro atoms. The minimum atomic E-state index is -5.02. The summed E-state index contributed by atoms with van der Waals surface area (Å²) in [5, 5.41) is 0. The van der Waals surface area contributed by atoms with Crippen LogP contribution >= 0.6 is 35.3 Å². The van der Waals surface area contributed by atoms with Crippen molar-refractivity contribution in [1.82, 2.24) is 0 Å². The summed E-state index contributed by atoms with van der Waals surface area (Å²) in [6.45, 7) is 0. The van der Waals surface area contributed by atoms with Crippen molar-refractivity contribution in [3.63, 3.8) is 0 Å². The van der Waals surface area contributed by atoms with E-state index in [1.165, 1.54) is 6.07 Å². The summed E-state index contributed by atoms with van der Waals surface area (Å²) in [6.07, 6.45) is 1.42. The Labute approximate surface area is 237 Å². The van der Waals surface area contributed by atoms with Crippen molar-refractivity contribution in [2.24, 2.45) is 0 Å². The molecule has 1 N–H and O–H groups in total. The van der Waals surface area contributed by atoms with Crippen LogP contribution in [0.5, 0.6) is 5.75 Å². The van der Waals surface area contributed by atoms with Gasteiger partial charge in [0.2, 0.25) is 0 Å². The van der Waals surface area contributed by atoms with Gasteiger partial charge in [0, 0.05) is 76.9 Å². The molecule has 0 fully saturated rings. The zero-order valence-electron chi connectivity index (χ0n) is 17.2. The summed E-state index contributed by atoms with van der Waals surface area (Å²) in [5.41, 5.74) is 1.65. The van der Waals surface area contributed by atoms with Gasteiger partial charge in [0.05, 0.1) is 9.37 Å². The van der Waals surface area contributed by atoms with Crippen molar-refractivity contribution in [1.29, 1.82) is 0 Å². The van der Waals surface area contributed by atoms with E-state index in [1.54, 1.807) is 42.1 Å². The fourth-order valence-electron chi connectivity index (χ4n) is 2.17. The Hall–Kier alpha value is 0.810. The van der Waals surface area contributed by atoms with E-state index in [0.29, 0.717) is 16.0 Å². The zero-order chi connectivity index (χ0) is 21.7. The molecule has 2 aromatic carbocycles. The summed E-state index contributed by atoms with van der Waals surface area (Å²) in [7, 11) is -8.27. The second-order valence-electron chi connectivity index (χ2n) is 5.96. The molecular formula is C18H18BrF2Na2O5PS2. The smallest absolute Gasteiger partial charge is 0.420 e. The Morgan fingerprint density at radius 2 is 1.90 bits per heavy atom. The average Bonchev–Trinajstić information content (AvgIpc) is 2.63. The van der Waals surface area contributed by atoms with Gasteiger partial charge in [-0.15, -0.1) is 0 Å². The fraction of sp³-hybridized carbons (Fsp3) is 0.222. The largest absolute Gasteiger partial charge is 0.442 e. The van der Waals surface area contributed by atoms with E-state index in [2.05, 4.69) is 20.5 Å². The molecule has 0 heterocycles. The van der Waals surface area contributed by atoms with E-state index in [0.717, 1.165) is 17.4 Å². The topological polar surface area (TPSA) is 80.7 Å². The van der Waals surface area contributed by atoms with Gasteiger partial charge in [0.15, 0.2) is 9.84 Å². The number of rotatable bonds is 9. The maximum absolute atomic E-state index is 12.5. The molecule has 0 aliphatic carbocycles. The van der Waals surface area contributed by atoms with Gasteiger partial charge in [0.25, 0.3) is 0 Å². The molecule has 1 atom stereocenters. The normalized spacial score (nSPS) is 13.4. The van der Waals surface area contributed by atoms with Crippen LogP contribution in [0.25, 0.3) is 6.08 Å². The van der Waals surface area contributed by atoms with E-state index in [4.69, 9.17) is 4.89 Å². The van der Waals surface area contributed by atoms with Crippen LogP contribution in [0, 0.1) is 0 Å². The number of halogens is 3. The summed E-state index contributed by atoms with van der Waals surface area (Å²) < 4.78 is 64.2. The van der Waals surface area contributed by atoms with Gasteiger partial charge in [-0.3, -0.25) is 0 Å². The molecule has 0 aliphatic rings. The molecule has 0 amide bonds. The van der Waals surface area contributed by atoms with Crippen LogP contribution in [0.3, 0.4) is 0 Å². The predicted molar refractivity (Wildman–Crippen MR) is 127 cm³/mol. The standard InChI is InChI=1S/C18H18BrF2O5PS2.2Na/c1-29(24,25)15-6-2-4-13(10-15)5-3-9-28-12-14-7-8-17(16(19)11-14)26-27(22,23)18(20)21;;/h2-8,10-11,18H,9,12H2,1H3,(H,22,23);;. The number of alkyl halides is 2. The number of sulfone groups is 1. The quantitative estimate of drug-likeness (QED) is 0.263. The van der Waals surface area contributed by atoms with Crippen LogP contribution in [-0.2, 0) is 20.2 Å². The molecule has 0 aliphatic heterocycles. The van der Waals surface area contributed by atoms with Gasteiger partial charge in [-0.05, 0) is 51.3 Å². The second-order valence-corrected chi connectivity index (χ2v) is 11.6. The summed E-state index contributed by atoms with van der Waals surface area (Å²) in [4.78, 5) is 9.38. The summed E-state index contributed by atoms with van der Waals surface area (Å²) in [6, 6.07) is 11.3. The molecule has 2 aromatic rings. The first-order valence-electron chi connectivity index (χ1n) is 8.12. The third-order valence-electron chi connectivity index (χ3n) is 3.55. The van der Waals surface area contributed by atoms with Gasteiger partial charge in [-0.2, -0.15) is 20.5 Å². The minimum absolute atomic E-state index is 0. The van der Waals surface area contributed by atoms with Crippen LogP contribution < -0.4 is 4.52 Å². The molecule has 31 heavy (non-hydrogen) atoms. The molecule has 0 saturated heterocycles. The number of hydrogen-bond donors (Lipinski definition) is 1. The second kappa shape index (κ2) is 14.3. The Bertz CT molecular complexity index is 1050. The molecule has 5 nitrogen and oxygen atoms in total. The van der Waals surface area contributed by atoms with Crippen LogP contribution in [-0.4, -0.2) is 90.6 Å². The molecule has 2 radical (unpaired) electrons. The molecule has 1 unspecified atom stereocenters. The third kappa shape index (κ3) is 10.7.